The number of benzene rings is 1. The van der Waals surface area contributed by atoms with Gasteiger partial charge in [0.15, 0.2) is 5.70 Å². The number of anilines is 1. The minimum absolute atomic E-state index is 0.0221. The third-order valence-corrected chi connectivity index (χ3v) is 6.54. The van der Waals surface area contributed by atoms with Crippen LogP contribution in [0, 0.1) is 0 Å². The third-order valence-electron chi connectivity index (χ3n) is 6.54. The van der Waals surface area contributed by atoms with Gasteiger partial charge in [0, 0.05) is 12.7 Å². The fourth-order valence-electron chi connectivity index (χ4n) is 5.28. The smallest absolute Gasteiger partial charge is 0.416 e. The SMILES string of the molecule is CCOC(=O)N1C2=NC(C(=O)OC)=C(C(=O)OC)[C@@H]3N(C)c4ccccc4[C@]23C[C@H]1C(=O)OC. The average Bonchev–Trinajstić information content (AvgIpc) is 3.33. The molecule has 1 aromatic rings. The van der Waals surface area contributed by atoms with E-state index in [1.165, 1.54) is 14.2 Å². The Morgan fingerprint density at radius 3 is 2.35 bits per heavy atom. The molecule has 1 amide bonds. The van der Waals surface area contributed by atoms with Crippen molar-refractivity contribution in [2.45, 2.75) is 30.8 Å². The first-order valence-corrected chi connectivity index (χ1v) is 10.6. The number of esters is 3. The molecular weight excluding hydrogens is 446 g/mol. The Kier molecular flexibility index (Phi) is 5.80. The van der Waals surface area contributed by atoms with Gasteiger partial charge in [0.25, 0.3) is 0 Å². The number of rotatable bonds is 4. The minimum atomic E-state index is -1.14. The fourth-order valence-corrected chi connectivity index (χ4v) is 5.28. The summed E-state index contributed by atoms with van der Waals surface area (Å²) in [6.07, 6.45) is -0.761. The van der Waals surface area contributed by atoms with Gasteiger partial charge in [0.05, 0.1) is 45.0 Å². The van der Waals surface area contributed by atoms with Crippen molar-refractivity contribution in [3.63, 3.8) is 0 Å². The Hall–Kier alpha value is -3.89. The van der Waals surface area contributed by atoms with Crippen molar-refractivity contribution in [2.75, 3.05) is 39.9 Å². The molecule has 1 fully saturated rings. The Balaban J connectivity index is 2.08. The molecule has 3 aliphatic rings. The van der Waals surface area contributed by atoms with Gasteiger partial charge in [-0.05, 0) is 25.0 Å². The van der Waals surface area contributed by atoms with E-state index >= 15 is 0 Å². The van der Waals surface area contributed by atoms with Crippen LogP contribution >= 0.6 is 0 Å². The molecule has 0 saturated carbocycles. The molecule has 1 spiro atoms. The van der Waals surface area contributed by atoms with Crippen LogP contribution in [0.4, 0.5) is 10.5 Å². The molecule has 0 bridgehead atoms. The number of amides is 1. The highest BCUT2D eigenvalue weighted by Gasteiger charge is 2.67. The maximum absolute atomic E-state index is 13.1. The molecule has 0 N–H and O–H groups in total. The second-order valence-electron chi connectivity index (χ2n) is 7.99. The lowest BCUT2D eigenvalue weighted by atomic mass is 9.69. The zero-order chi connectivity index (χ0) is 24.8. The lowest BCUT2D eigenvalue weighted by molar-refractivity contribution is -0.144. The summed E-state index contributed by atoms with van der Waals surface area (Å²) in [6, 6.07) is 5.44. The van der Waals surface area contributed by atoms with E-state index in [0.29, 0.717) is 0 Å². The second kappa shape index (κ2) is 8.47. The third kappa shape index (κ3) is 2.99. The van der Waals surface area contributed by atoms with Gasteiger partial charge < -0.3 is 23.8 Å². The van der Waals surface area contributed by atoms with Gasteiger partial charge in [-0.1, -0.05) is 18.2 Å². The Labute approximate surface area is 195 Å². The van der Waals surface area contributed by atoms with Gasteiger partial charge in [0.2, 0.25) is 0 Å². The normalized spacial score (nSPS) is 24.6. The van der Waals surface area contributed by atoms with E-state index in [9.17, 15) is 19.2 Å². The second-order valence-corrected chi connectivity index (χ2v) is 7.99. The van der Waals surface area contributed by atoms with Crippen LogP contribution in [-0.2, 0) is 38.7 Å². The van der Waals surface area contributed by atoms with E-state index < -0.39 is 41.5 Å². The fraction of sp³-hybridized carbons (Fsp3) is 0.435. The quantitative estimate of drug-likeness (QED) is 0.470. The number of ether oxygens (including phenoxy) is 4. The standard InChI is InChI=1S/C23H25N3O8/c1-6-34-22(30)26-14(18(27)31-3)11-23-12-9-7-8-10-13(12)25(2)17(23)15(19(28)32-4)16(20(29)33-5)24-21(23)26/h7-10,14,17H,6,11H2,1-5H3/t14-,17-,23-/m0/s1. The van der Waals surface area contributed by atoms with Crippen molar-refractivity contribution in [1.29, 1.82) is 0 Å². The molecule has 0 aliphatic carbocycles. The molecular formula is C23H25N3O8. The number of aliphatic imine (C=N–C) groups is 1. The lowest BCUT2D eigenvalue weighted by Crippen LogP contribution is -2.55. The van der Waals surface area contributed by atoms with Crippen molar-refractivity contribution < 1.29 is 38.1 Å². The van der Waals surface area contributed by atoms with Crippen LogP contribution < -0.4 is 4.90 Å². The molecule has 3 heterocycles. The summed E-state index contributed by atoms with van der Waals surface area (Å²) in [4.78, 5) is 59.2. The molecule has 3 atom stereocenters. The Morgan fingerprint density at radius 2 is 1.74 bits per heavy atom. The number of nitrogens with zero attached hydrogens (tertiary/aromatic N) is 3. The highest BCUT2D eigenvalue weighted by Crippen LogP contribution is 2.57. The van der Waals surface area contributed by atoms with Crippen molar-refractivity contribution in [3.8, 4) is 0 Å². The van der Waals surface area contributed by atoms with E-state index in [-0.39, 0.29) is 30.1 Å². The Bertz CT molecular complexity index is 1140. The highest BCUT2D eigenvalue weighted by molar-refractivity contribution is 6.16. The van der Waals surface area contributed by atoms with Gasteiger partial charge in [-0.25, -0.2) is 29.1 Å². The van der Waals surface area contributed by atoms with E-state index in [4.69, 9.17) is 18.9 Å². The number of carbonyl (C=O) groups excluding carboxylic acids is 4. The number of hydrogen-bond donors (Lipinski definition) is 0. The van der Waals surface area contributed by atoms with E-state index in [1.54, 1.807) is 14.0 Å². The lowest BCUT2D eigenvalue weighted by Gasteiger charge is -2.39. The van der Waals surface area contributed by atoms with Crippen LogP contribution in [0.15, 0.2) is 40.5 Å². The first kappa shape index (κ1) is 23.3. The van der Waals surface area contributed by atoms with Crippen LogP contribution in [0.1, 0.15) is 18.9 Å². The van der Waals surface area contributed by atoms with Crippen molar-refractivity contribution in [1.82, 2.24) is 4.90 Å². The molecule has 4 rings (SSSR count). The van der Waals surface area contributed by atoms with Crippen molar-refractivity contribution >= 4 is 35.5 Å². The molecule has 11 nitrogen and oxygen atoms in total. The van der Waals surface area contributed by atoms with E-state index in [1.807, 2.05) is 29.2 Å². The van der Waals surface area contributed by atoms with Crippen LogP contribution in [-0.4, -0.2) is 81.8 Å². The van der Waals surface area contributed by atoms with E-state index in [2.05, 4.69) is 4.99 Å². The molecule has 3 aliphatic heterocycles. The molecule has 34 heavy (non-hydrogen) atoms. The van der Waals surface area contributed by atoms with Gasteiger partial charge >= 0.3 is 24.0 Å². The van der Waals surface area contributed by atoms with E-state index in [0.717, 1.165) is 23.3 Å². The maximum Gasteiger partial charge on any atom is 0.416 e. The highest BCUT2D eigenvalue weighted by atomic mass is 16.6. The summed E-state index contributed by atoms with van der Waals surface area (Å²) >= 11 is 0. The summed E-state index contributed by atoms with van der Waals surface area (Å²) in [5.74, 6) is -2.21. The summed E-state index contributed by atoms with van der Waals surface area (Å²) in [5.41, 5.74) is 0.0303. The first-order chi connectivity index (χ1) is 16.3. The predicted octanol–water partition coefficient (Wildman–Crippen LogP) is 1.16. The molecule has 0 unspecified atom stereocenters. The molecule has 1 aromatic carbocycles. The van der Waals surface area contributed by atoms with Crippen LogP contribution in [0.5, 0.6) is 0 Å². The number of fused-ring (bicyclic) bond motifs is 1. The monoisotopic (exact) mass is 471 g/mol. The molecule has 0 radical (unpaired) electrons. The summed E-state index contributed by atoms with van der Waals surface area (Å²) in [7, 11) is 5.35. The Morgan fingerprint density at radius 1 is 1.06 bits per heavy atom. The number of likely N-dealkylation sites (tertiary alicyclic amines) is 1. The topological polar surface area (TPSA) is 124 Å². The largest absolute Gasteiger partial charge is 0.467 e. The summed E-state index contributed by atoms with van der Waals surface area (Å²) < 4.78 is 20.2. The predicted molar refractivity (Wildman–Crippen MR) is 118 cm³/mol. The number of hydrogen-bond acceptors (Lipinski definition) is 10. The zero-order valence-electron chi connectivity index (χ0n) is 19.5. The van der Waals surface area contributed by atoms with Crippen molar-refractivity contribution in [2.24, 2.45) is 4.99 Å². The van der Waals surface area contributed by atoms with Gasteiger partial charge in [-0.15, -0.1) is 0 Å². The first-order valence-electron chi connectivity index (χ1n) is 10.6. The maximum atomic E-state index is 13.1. The average molecular weight is 471 g/mol. The summed E-state index contributed by atoms with van der Waals surface area (Å²) in [6.45, 7) is 1.69. The number of para-hydroxylation sites is 1. The number of carbonyl (C=O) groups is 4. The minimum Gasteiger partial charge on any atom is -0.467 e. The molecule has 0 aromatic heterocycles. The summed E-state index contributed by atoms with van der Waals surface area (Å²) in [5, 5.41) is 0. The van der Waals surface area contributed by atoms with Gasteiger partial charge in [0.1, 0.15) is 11.9 Å². The molecule has 11 heteroatoms. The number of likely N-dealkylation sites (N-methyl/N-ethyl adjacent to an activating group) is 1. The van der Waals surface area contributed by atoms with Crippen LogP contribution in [0.2, 0.25) is 0 Å². The van der Waals surface area contributed by atoms with Crippen LogP contribution in [0.3, 0.4) is 0 Å². The number of methoxy groups -OCH3 is 3. The zero-order valence-corrected chi connectivity index (χ0v) is 19.5. The number of amidine groups is 1. The molecule has 1 saturated heterocycles. The van der Waals surface area contributed by atoms with Gasteiger partial charge in [-0.2, -0.15) is 0 Å². The molecule has 180 valence electrons. The van der Waals surface area contributed by atoms with Gasteiger partial charge in [-0.3, -0.25) is 0 Å². The van der Waals surface area contributed by atoms with Crippen molar-refractivity contribution in [3.05, 3.63) is 41.1 Å². The van der Waals surface area contributed by atoms with Crippen LogP contribution in [0.25, 0.3) is 0 Å².